The maximum atomic E-state index is 12.8. The molecule has 2 amide bonds. The molecule has 0 aliphatic carbocycles. The van der Waals surface area contributed by atoms with Crippen molar-refractivity contribution in [1.82, 2.24) is 14.9 Å². The molecule has 0 atom stereocenters. The van der Waals surface area contributed by atoms with Crippen molar-refractivity contribution in [2.75, 3.05) is 5.32 Å². The van der Waals surface area contributed by atoms with E-state index in [1.807, 2.05) is 66.1 Å². The van der Waals surface area contributed by atoms with Crippen LogP contribution in [0.2, 0.25) is 0 Å². The number of imidazole rings is 1. The van der Waals surface area contributed by atoms with E-state index >= 15 is 0 Å². The van der Waals surface area contributed by atoms with E-state index in [0.29, 0.717) is 30.3 Å². The molecule has 0 spiro atoms. The average molecular weight is 388 g/mol. The van der Waals surface area contributed by atoms with E-state index in [2.05, 4.69) is 15.6 Å². The molecule has 0 saturated carbocycles. The second-order valence-electron chi connectivity index (χ2n) is 7.33. The van der Waals surface area contributed by atoms with Crippen LogP contribution in [0, 0.1) is 6.92 Å². The van der Waals surface area contributed by atoms with Crippen LogP contribution >= 0.6 is 0 Å². The van der Waals surface area contributed by atoms with Gasteiger partial charge in [0.15, 0.2) is 5.82 Å². The molecule has 1 aromatic heterocycles. The fourth-order valence-electron chi connectivity index (χ4n) is 3.58. The van der Waals surface area contributed by atoms with Crippen LogP contribution < -0.4 is 10.6 Å². The van der Waals surface area contributed by atoms with Gasteiger partial charge in [-0.1, -0.05) is 48.0 Å². The van der Waals surface area contributed by atoms with E-state index < -0.39 is 0 Å². The maximum Gasteiger partial charge on any atom is 0.291 e. The first kappa shape index (κ1) is 18.9. The highest BCUT2D eigenvalue weighted by molar-refractivity contribution is 6.03. The van der Waals surface area contributed by atoms with Crippen molar-refractivity contribution in [2.24, 2.45) is 0 Å². The normalized spacial score (nSPS) is 12.9. The van der Waals surface area contributed by atoms with Crippen molar-refractivity contribution in [3.63, 3.8) is 0 Å². The quantitative estimate of drug-likeness (QED) is 0.700. The van der Waals surface area contributed by atoms with Gasteiger partial charge in [0.1, 0.15) is 5.69 Å². The fourth-order valence-corrected chi connectivity index (χ4v) is 3.58. The third kappa shape index (κ3) is 4.21. The van der Waals surface area contributed by atoms with E-state index in [1.165, 1.54) is 5.56 Å². The number of hydrogen-bond donors (Lipinski definition) is 2. The van der Waals surface area contributed by atoms with Gasteiger partial charge in [-0.3, -0.25) is 9.59 Å². The maximum absolute atomic E-state index is 12.8. The van der Waals surface area contributed by atoms with E-state index in [0.717, 1.165) is 30.5 Å². The van der Waals surface area contributed by atoms with Gasteiger partial charge in [0, 0.05) is 18.8 Å². The Balaban J connectivity index is 1.54. The predicted molar refractivity (Wildman–Crippen MR) is 112 cm³/mol. The summed E-state index contributed by atoms with van der Waals surface area (Å²) in [7, 11) is 0. The Morgan fingerprint density at radius 1 is 1.00 bits per heavy atom. The van der Waals surface area contributed by atoms with Gasteiger partial charge in [-0.05, 0) is 43.9 Å². The van der Waals surface area contributed by atoms with Crippen molar-refractivity contribution in [3.8, 4) is 0 Å². The van der Waals surface area contributed by atoms with Crippen LogP contribution in [0.15, 0.2) is 54.6 Å². The van der Waals surface area contributed by atoms with E-state index in [1.54, 1.807) is 0 Å². The Morgan fingerprint density at radius 2 is 1.76 bits per heavy atom. The molecule has 0 radical (unpaired) electrons. The highest BCUT2D eigenvalue weighted by Gasteiger charge is 2.27. The summed E-state index contributed by atoms with van der Waals surface area (Å²) in [5, 5.41) is 5.81. The number of fused-ring (bicyclic) bond motifs is 1. The molecule has 4 rings (SSSR count). The third-order valence-corrected chi connectivity index (χ3v) is 5.14. The summed E-state index contributed by atoms with van der Waals surface area (Å²) in [6.45, 7) is 3.16. The molecule has 6 nitrogen and oxygen atoms in total. The fraction of sp³-hybridized carbons (Fsp3) is 0.261. The van der Waals surface area contributed by atoms with Crippen molar-refractivity contribution < 1.29 is 9.59 Å². The van der Waals surface area contributed by atoms with E-state index in [-0.39, 0.29) is 11.8 Å². The second kappa shape index (κ2) is 8.31. The molecule has 3 aromatic rings. The summed E-state index contributed by atoms with van der Waals surface area (Å²) in [5.41, 5.74) is 4.11. The van der Waals surface area contributed by atoms with Gasteiger partial charge in [-0.2, -0.15) is 0 Å². The number of aryl methyl sites for hydroxylation is 1. The lowest BCUT2D eigenvalue weighted by atomic mass is 10.1. The summed E-state index contributed by atoms with van der Waals surface area (Å²) in [6, 6.07) is 17.3. The standard InChI is InChI=1S/C23H24N4O2/c1-16-10-12-17(13-11-16)15-24-22(28)20-19-9-5-6-14-27(19)21(26-20)23(29)25-18-7-3-2-4-8-18/h2-4,7-8,10-13H,5-6,9,14-15H2,1H3,(H,24,28)(H,25,29). The first-order valence-corrected chi connectivity index (χ1v) is 9.91. The molecule has 6 heteroatoms. The predicted octanol–water partition coefficient (Wildman–Crippen LogP) is 3.71. The lowest BCUT2D eigenvalue weighted by Crippen LogP contribution is -2.25. The number of para-hydroxylation sites is 1. The van der Waals surface area contributed by atoms with Gasteiger partial charge in [-0.15, -0.1) is 0 Å². The van der Waals surface area contributed by atoms with Crippen molar-refractivity contribution in [2.45, 2.75) is 39.3 Å². The first-order chi connectivity index (χ1) is 14.1. The van der Waals surface area contributed by atoms with Gasteiger partial charge < -0.3 is 15.2 Å². The van der Waals surface area contributed by atoms with Gasteiger partial charge >= 0.3 is 0 Å². The van der Waals surface area contributed by atoms with E-state index in [4.69, 9.17) is 0 Å². The molecular weight excluding hydrogens is 364 g/mol. The van der Waals surface area contributed by atoms with Crippen LogP contribution in [0.4, 0.5) is 5.69 Å². The molecule has 2 heterocycles. The Kier molecular flexibility index (Phi) is 5.42. The van der Waals surface area contributed by atoms with Gasteiger partial charge in [0.2, 0.25) is 0 Å². The molecule has 2 aromatic carbocycles. The zero-order chi connectivity index (χ0) is 20.2. The number of rotatable bonds is 5. The molecule has 2 N–H and O–H groups in total. The molecule has 0 bridgehead atoms. The number of anilines is 1. The second-order valence-corrected chi connectivity index (χ2v) is 7.33. The van der Waals surface area contributed by atoms with Crippen LogP contribution in [-0.4, -0.2) is 21.4 Å². The van der Waals surface area contributed by atoms with E-state index in [9.17, 15) is 9.59 Å². The van der Waals surface area contributed by atoms with Crippen LogP contribution in [0.5, 0.6) is 0 Å². The Bertz CT molecular complexity index is 1020. The number of nitrogens with one attached hydrogen (secondary N) is 2. The van der Waals surface area contributed by atoms with Crippen molar-refractivity contribution in [1.29, 1.82) is 0 Å². The highest BCUT2D eigenvalue weighted by atomic mass is 16.2. The van der Waals surface area contributed by atoms with Crippen molar-refractivity contribution >= 4 is 17.5 Å². The van der Waals surface area contributed by atoms with Gasteiger partial charge in [0.05, 0.1) is 5.69 Å². The Hall–Kier alpha value is -3.41. The lowest BCUT2D eigenvalue weighted by Gasteiger charge is -2.17. The number of carbonyl (C=O) groups is 2. The molecule has 1 aliphatic rings. The van der Waals surface area contributed by atoms with Crippen LogP contribution in [0.1, 0.15) is 50.8 Å². The number of hydrogen-bond acceptors (Lipinski definition) is 3. The monoisotopic (exact) mass is 388 g/mol. The topological polar surface area (TPSA) is 76.0 Å². The van der Waals surface area contributed by atoms with Crippen molar-refractivity contribution in [3.05, 3.63) is 82.9 Å². The minimum atomic E-state index is -0.295. The average Bonchev–Trinajstić information content (AvgIpc) is 3.14. The number of amides is 2. The largest absolute Gasteiger partial charge is 0.347 e. The molecule has 0 fully saturated rings. The summed E-state index contributed by atoms with van der Waals surface area (Å²) in [5.74, 6) is -0.240. The van der Waals surface area contributed by atoms with Gasteiger partial charge in [-0.25, -0.2) is 4.98 Å². The SMILES string of the molecule is Cc1ccc(CNC(=O)c2nc(C(=O)Nc3ccccc3)n3c2CCCC3)cc1. The minimum absolute atomic E-state index is 0.241. The zero-order valence-corrected chi connectivity index (χ0v) is 16.4. The molecule has 0 unspecified atom stereocenters. The third-order valence-electron chi connectivity index (χ3n) is 5.14. The summed E-state index contributed by atoms with van der Waals surface area (Å²) < 4.78 is 1.89. The zero-order valence-electron chi connectivity index (χ0n) is 16.4. The van der Waals surface area contributed by atoms with Gasteiger partial charge in [0.25, 0.3) is 11.8 Å². The first-order valence-electron chi connectivity index (χ1n) is 9.91. The molecule has 29 heavy (non-hydrogen) atoms. The molecular formula is C23H24N4O2. The van der Waals surface area contributed by atoms with Crippen LogP contribution in [0.3, 0.4) is 0 Å². The molecule has 148 valence electrons. The van der Waals surface area contributed by atoms with Crippen LogP contribution in [-0.2, 0) is 19.5 Å². The summed E-state index contributed by atoms with van der Waals surface area (Å²) >= 11 is 0. The Labute approximate surface area is 170 Å². The number of benzene rings is 2. The number of nitrogens with zero attached hydrogens (tertiary/aromatic N) is 2. The Morgan fingerprint density at radius 3 is 2.52 bits per heavy atom. The van der Waals surface area contributed by atoms with Crippen LogP contribution in [0.25, 0.3) is 0 Å². The molecule has 1 aliphatic heterocycles. The minimum Gasteiger partial charge on any atom is -0.347 e. The lowest BCUT2D eigenvalue weighted by molar-refractivity contribution is 0.0945. The summed E-state index contributed by atoms with van der Waals surface area (Å²) in [6.07, 6.45) is 2.71. The highest BCUT2D eigenvalue weighted by Crippen LogP contribution is 2.22. The number of aromatic nitrogens is 2. The smallest absolute Gasteiger partial charge is 0.291 e. The summed E-state index contributed by atoms with van der Waals surface area (Å²) in [4.78, 5) is 30.1. The number of carbonyl (C=O) groups excluding carboxylic acids is 2. The molecule has 0 saturated heterocycles.